The Hall–Kier alpha value is -0.530. The van der Waals surface area contributed by atoms with Crippen molar-refractivity contribution in [2.24, 2.45) is 0 Å². The van der Waals surface area contributed by atoms with Gasteiger partial charge < -0.3 is 5.11 Å². The van der Waals surface area contributed by atoms with Gasteiger partial charge in [-0.15, -0.1) is 11.6 Å². The van der Waals surface area contributed by atoms with Crippen LogP contribution in [0.3, 0.4) is 0 Å². The highest BCUT2D eigenvalue weighted by Crippen LogP contribution is 2.35. The van der Waals surface area contributed by atoms with Crippen LogP contribution in [0.15, 0.2) is 24.3 Å². The molecule has 0 aliphatic heterocycles. The highest BCUT2D eigenvalue weighted by Gasteiger charge is 2.28. The first-order valence-corrected chi connectivity index (χ1v) is 4.12. The molecular weight excluding hydrogens is 160 g/mol. The van der Waals surface area contributed by atoms with Crippen molar-refractivity contribution >= 4 is 11.6 Å². The quantitative estimate of drug-likeness (QED) is 0.587. The van der Waals surface area contributed by atoms with Crippen LogP contribution < -0.4 is 0 Å². The van der Waals surface area contributed by atoms with Crippen LogP contribution in [0.1, 0.15) is 16.5 Å². The highest BCUT2D eigenvalue weighted by molar-refractivity contribution is 6.21. The van der Waals surface area contributed by atoms with Crippen molar-refractivity contribution in [1.29, 1.82) is 0 Å². The molecule has 1 aliphatic rings. The molecule has 0 saturated heterocycles. The van der Waals surface area contributed by atoms with E-state index in [-0.39, 0.29) is 5.38 Å². The molecule has 0 unspecified atom stereocenters. The highest BCUT2D eigenvalue weighted by atomic mass is 35.5. The van der Waals surface area contributed by atoms with Gasteiger partial charge in [-0.3, -0.25) is 0 Å². The number of alkyl halides is 1. The standard InChI is InChI=1S/C9H9ClO/c10-9-7-4-2-1-3-6(7)5-8(9)11/h1-4,8-9,11H,5H2/t8-,9-/m1/s1. The number of fused-ring (bicyclic) bond motifs is 1. The molecule has 1 N–H and O–H groups in total. The summed E-state index contributed by atoms with van der Waals surface area (Å²) < 4.78 is 0. The van der Waals surface area contributed by atoms with Gasteiger partial charge in [0.05, 0.1) is 11.5 Å². The van der Waals surface area contributed by atoms with E-state index in [2.05, 4.69) is 0 Å². The SMILES string of the molecule is O[C@@H]1Cc2ccccc2[C@H]1Cl. The smallest absolute Gasteiger partial charge is 0.0850 e. The van der Waals surface area contributed by atoms with Gasteiger partial charge in [0.2, 0.25) is 0 Å². The van der Waals surface area contributed by atoms with Crippen molar-refractivity contribution in [3.8, 4) is 0 Å². The molecule has 58 valence electrons. The summed E-state index contributed by atoms with van der Waals surface area (Å²) in [5.74, 6) is 0. The van der Waals surface area contributed by atoms with Gasteiger partial charge in [0.15, 0.2) is 0 Å². The van der Waals surface area contributed by atoms with E-state index in [0.29, 0.717) is 6.42 Å². The summed E-state index contributed by atoms with van der Waals surface area (Å²) in [7, 11) is 0. The predicted octanol–water partition coefficient (Wildman–Crippen LogP) is 1.88. The number of rotatable bonds is 0. The molecule has 0 amide bonds. The molecule has 0 saturated carbocycles. The Kier molecular flexibility index (Phi) is 1.63. The van der Waals surface area contributed by atoms with E-state index in [4.69, 9.17) is 11.6 Å². The van der Waals surface area contributed by atoms with Crippen molar-refractivity contribution in [1.82, 2.24) is 0 Å². The summed E-state index contributed by atoms with van der Waals surface area (Å²) in [4.78, 5) is 0. The van der Waals surface area contributed by atoms with E-state index in [0.717, 1.165) is 5.56 Å². The summed E-state index contributed by atoms with van der Waals surface area (Å²) in [6, 6.07) is 7.91. The zero-order chi connectivity index (χ0) is 7.84. The molecule has 1 aliphatic carbocycles. The number of hydrogen-bond donors (Lipinski definition) is 1. The van der Waals surface area contributed by atoms with Crippen molar-refractivity contribution in [2.45, 2.75) is 17.9 Å². The number of halogens is 1. The molecule has 1 nitrogen and oxygen atoms in total. The minimum absolute atomic E-state index is 0.203. The van der Waals surface area contributed by atoms with Crippen molar-refractivity contribution in [3.63, 3.8) is 0 Å². The minimum Gasteiger partial charge on any atom is -0.391 e. The van der Waals surface area contributed by atoms with Crippen LogP contribution >= 0.6 is 11.6 Å². The Morgan fingerprint density at radius 1 is 1.36 bits per heavy atom. The van der Waals surface area contributed by atoms with E-state index >= 15 is 0 Å². The Morgan fingerprint density at radius 2 is 2.09 bits per heavy atom. The van der Waals surface area contributed by atoms with Gasteiger partial charge in [-0.05, 0) is 11.1 Å². The second-order valence-corrected chi connectivity index (χ2v) is 3.34. The molecule has 0 heterocycles. The average molecular weight is 169 g/mol. The van der Waals surface area contributed by atoms with E-state index in [9.17, 15) is 5.11 Å². The Labute approximate surface area is 70.6 Å². The third-order valence-electron chi connectivity index (χ3n) is 2.12. The fourth-order valence-corrected chi connectivity index (χ4v) is 1.83. The summed E-state index contributed by atoms with van der Waals surface area (Å²) in [5, 5.41) is 9.18. The maximum Gasteiger partial charge on any atom is 0.0850 e. The van der Waals surface area contributed by atoms with Crippen LogP contribution in [0, 0.1) is 0 Å². The fraction of sp³-hybridized carbons (Fsp3) is 0.333. The van der Waals surface area contributed by atoms with Gasteiger partial charge in [-0.1, -0.05) is 24.3 Å². The molecule has 2 heteroatoms. The van der Waals surface area contributed by atoms with Gasteiger partial charge >= 0.3 is 0 Å². The Morgan fingerprint density at radius 3 is 2.82 bits per heavy atom. The molecule has 0 radical (unpaired) electrons. The lowest BCUT2D eigenvalue weighted by molar-refractivity contribution is 0.182. The zero-order valence-corrected chi connectivity index (χ0v) is 6.75. The van der Waals surface area contributed by atoms with Crippen molar-refractivity contribution in [2.75, 3.05) is 0 Å². The lowest BCUT2D eigenvalue weighted by atomic mass is 10.1. The second-order valence-electron chi connectivity index (χ2n) is 2.87. The molecule has 1 aromatic rings. The zero-order valence-electron chi connectivity index (χ0n) is 6.00. The second kappa shape index (κ2) is 2.50. The van der Waals surface area contributed by atoms with E-state index in [1.165, 1.54) is 5.56 Å². The van der Waals surface area contributed by atoms with Crippen LogP contribution in [-0.2, 0) is 6.42 Å². The van der Waals surface area contributed by atoms with Crippen LogP contribution in [0.25, 0.3) is 0 Å². The molecule has 0 aromatic heterocycles. The maximum atomic E-state index is 9.39. The number of hydrogen-bond acceptors (Lipinski definition) is 1. The van der Waals surface area contributed by atoms with Gasteiger partial charge in [0.25, 0.3) is 0 Å². The van der Waals surface area contributed by atoms with Gasteiger partial charge in [-0.2, -0.15) is 0 Å². The largest absolute Gasteiger partial charge is 0.391 e. The van der Waals surface area contributed by atoms with Gasteiger partial charge in [-0.25, -0.2) is 0 Å². The molecule has 1 aromatic carbocycles. The summed E-state index contributed by atoms with van der Waals surface area (Å²) in [6.07, 6.45) is 0.304. The molecular formula is C9H9ClO. The van der Waals surface area contributed by atoms with E-state index in [1.54, 1.807) is 0 Å². The van der Waals surface area contributed by atoms with Gasteiger partial charge in [0, 0.05) is 6.42 Å². The van der Waals surface area contributed by atoms with Crippen LogP contribution in [0.2, 0.25) is 0 Å². The third-order valence-corrected chi connectivity index (χ3v) is 2.65. The molecule has 0 fully saturated rings. The molecule has 0 spiro atoms. The third kappa shape index (κ3) is 1.05. The molecule has 2 rings (SSSR count). The lowest BCUT2D eigenvalue weighted by Gasteiger charge is -2.04. The number of aliphatic hydroxyl groups excluding tert-OH is 1. The van der Waals surface area contributed by atoms with E-state index < -0.39 is 6.10 Å². The molecule has 11 heavy (non-hydrogen) atoms. The fourth-order valence-electron chi connectivity index (χ4n) is 1.53. The average Bonchev–Trinajstić information content (AvgIpc) is 2.30. The summed E-state index contributed by atoms with van der Waals surface area (Å²) >= 11 is 5.94. The first-order chi connectivity index (χ1) is 5.29. The normalized spacial score (nSPS) is 28.5. The Balaban J connectivity index is 2.47. The lowest BCUT2D eigenvalue weighted by Crippen LogP contribution is -2.07. The predicted molar refractivity (Wildman–Crippen MR) is 44.7 cm³/mol. The van der Waals surface area contributed by atoms with Crippen LogP contribution in [0.5, 0.6) is 0 Å². The van der Waals surface area contributed by atoms with Crippen molar-refractivity contribution < 1.29 is 5.11 Å². The van der Waals surface area contributed by atoms with Gasteiger partial charge in [0.1, 0.15) is 0 Å². The molecule has 0 bridgehead atoms. The summed E-state index contributed by atoms with van der Waals surface area (Å²) in [6.45, 7) is 0. The maximum absolute atomic E-state index is 9.39. The topological polar surface area (TPSA) is 20.2 Å². The Bertz CT molecular complexity index is 272. The minimum atomic E-state index is -0.394. The van der Waals surface area contributed by atoms with Crippen molar-refractivity contribution in [3.05, 3.63) is 35.4 Å². The van der Waals surface area contributed by atoms with E-state index in [1.807, 2.05) is 24.3 Å². The van der Waals surface area contributed by atoms with Crippen LogP contribution in [-0.4, -0.2) is 11.2 Å². The molecule has 2 atom stereocenters. The van der Waals surface area contributed by atoms with Crippen LogP contribution in [0.4, 0.5) is 0 Å². The first kappa shape index (κ1) is 7.14. The summed E-state index contributed by atoms with van der Waals surface area (Å²) in [5.41, 5.74) is 2.27. The first-order valence-electron chi connectivity index (χ1n) is 3.69. The number of benzene rings is 1. The monoisotopic (exact) mass is 168 g/mol. The number of aliphatic hydroxyl groups is 1.